The van der Waals surface area contributed by atoms with Crippen LogP contribution >= 0.6 is 0 Å². The molecule has 0 radical (unpaired) electrons. The first-order chi connectivity index (χ1) is 6.07. The molecule has 1 aromatic rings. The molecule has 1 unspecified atom stereocenters. The molecule has 0 heterocycles. The van der Waals surface area contributed by atoms with Crippen LogP contribution in [0.15, 0.2) is 12.1 Å². The molecular weight excluding hydrogens is 176 g/mol. The highest BCUT2D eigenvalue weighted by Gasteiger charge is 2.16. The number of phenols is 1. The highest BCUT2D eigenvalue weighted by molar-refractivity contribution is 5.31. The minimum absolute atomic E-state index is 0.192. The summed E-state index contributed by atoms with van der Waals surface area (Å²) in [6.07, 6.45) is 0. The van der Waals surface area contributed by atoms with Crippen molar-refractivity contribution in [1.82, 2.24) is 0 Å². The molecule has 0 saturated carbocycles. The fourth-order valence-corrected chi connectivity index (χ4v) is 1.06. The second-order valence-corrected chi connectivity index (χ2v) is 2.94. The Balaban J connectivity index is 3.18. The van der Waals surface area contributed by atoms with E-state index in [1.54, 1.807) is 6.92 Å². The average molecular weight is 187 g/mol. The van der Waals surface area contributed by atoms with Crippen molar-refractivity contribution in [3.8, 4) is 5.75 Å². The van der Waals surface area contributed by atoms with E-state index in [0.29, 0.717) is 0 Å². The largest absolute Gasteiger partial charge is 0.505 e. The van der Waals surface area contributed by atoms with Crippen LogP contribution in [0.25, 0.3) is 0 Å². The maximum Gasteiger partial charge on any atom is 0.200 e. The minimum atomic E-state index is -1.21. The lowest BCUT2D eigenvalue weighted by Gasteiger charge is -2.10. The van der Waals surface area contributed by atoms with Crippen molar-refractivity contribution >= 4 is 0 Å². The van der Waals surface area contributed by atoms with Gasteiger partial charge in [0.25, 0.3) is 0 Å². The molecule has 0 saturated heterocycles. The first-order valence-corrected chi connectivity index (χ1v) is 3.94. The van der Waals surface area contributed by atoms with Gasteiger partial charge in [0.2, 0.25) is 5.82 Å². The van der Waals surface area contributed by atoms with Gasteiger partial charge in [0.15, 0.2) is 11.6 Å². The van der Waals surface area contributed by atoms with Crippen LogP contribution in [0, 0.1) is 11.6 Å². The zero-order valence-electron chi connectivity index (χ0n) is 7.22. The number of phenolic OH excluding ortho intramolecular Hbond substituents is 1. The van der Waals surface area contributed by atoms with Gasteiger partial charge in [-0.05, 0) is 24.1 Å². The Hall–Kier alpha value is -1.16. The van der Waals surface area contributed by atoms with E-state index >= 15 is 0 Å². The Kier molecular flexibility index (Phi) is 2.83. The third-order valence-electron chi connectivity index (χ3n) is 1.98. The summed E-state index contributed by atoms with van der Waals surface area (Å²) in [6.45, 7) is 1.93. The lowest BCUT2D eigenvalue weighted by molar-refractivity contribution is 0.402. The van der Waals surface area contributed by atoms with Crippen molar-refractivity contribution in [2.75, 3.05) is 6.54 Å². The molecule has 0 amide bonds. The van der Waals surface area contributed by atoms with Crippen molar-refractivity contribution in [2.45, 2.75) is 12.8 Å². The third-order valence-corrected chi connectivity index (χ3v) is 1.98. The Bertz CT molecular complexity index is 315. The van der Waals surface area contributed by atoms with Crippen molar-refractivity contribution < 1.29 is 13.9 Å². The van der Waals surface area contributed by atoms with E-state index in [4.69, 9.17) is 10.8 Å². The van der Waals surface area contributed by atoms with Crippen LogP contribution in [0.2, 0.25) is 0 Å². The summed E-state index contributed by atoms with van der Waals surface area (Å²) in [5.74, 6) is -3.16. The molecule has 0 bridgehead atoms. The molecular formula is C9H11F2NO. The van der Waals surface area contributed by atoms with Gasteiger partial charge in [0.1, 0.15) is 0 Å². The molecule has 0 fully saturated rings. The van der Waals surface area contributed by atoms with E-state index in [1.165, 1.54) is 6.07 Å². The van der Waals surface area contributed by atoms with E-state index in [-0.39, 0.29) is 18.0 Å². The van der Waals surface area contributed by atoms with Crippen molar-refractivity contribution in [2.24, 2.45) is 5.73 Å². The van der Waals surface area contributed by atoms with Gasteiger partial charge in [-0.3, -0.25) is 0 Å². The minimum Gasteiger partial charge on any atom is -0.505 e. The molecule has 0 aromatic heterocycles. The van der Waals surface area contributed by atoms with Crippen LogP contribution in [-0.4, -0.2) is 11.7 Å². The van der Waals surface area contributed by atoms with E-state index in [1.807, 2.05) is 0 Å². The van der Waals surface area contributed by atoms with Crippen LogP contribution in [0.4, 0.5) is 8.78 Å². The van der Waals surface area contributed by atoms with Gasteiger partial charge in [-0.15, -0.1) is 0 Å². The quantitative estimate of drug-likeness (QED) is 0.740. The molecule has 3 N–H and O–H groups in total. The number of rotatable bonds is 2. The summed E-state index contributed by atoms with van der Waals surface area (Å²) in [4.78, 5) is 0. The van der Waals surface area contributed by atoms with Crippen LogP contribution < -0.4 is 5.73 Å². The highest BCUT2D eigenvalue weighted by Crippen LogP contribution is 2.25. The number of hydrogen-bond donors (Lipinski definition) is 2. The summed E-state index contributed by atoms with van der Waals surface area (Å²) in [5, 5.41) is 8.83. The summed E-state index contributed by atoms with van der Waals surface area (Å²) in [5.41, 5.74) is 5.50. The second kappa shape index (κ2) is 3.70. The van der Waals surface area contributed by atoms with Crippen molar-refractivity contribution in [3.63, 3.8) is 0 Å². The molecule has 0 aliphatic rings. The first kappa shape index (κ1) is 9.92. The zero-order valence-corrected chi connectivity index (χ0v) is 7.22. The molecule has 2 nitrogen and oxygen atoms in total. The zero-order chi connectivity index (χ0) is 10.0. The van der Waals surface area contributed by atoms with Crippen molar-refractivity contribution in [1.29, 1.82) is 0 Å². The number of benzene rings is 1. The topological polar surface area (TPSA) is 46.2 Å². The van der Waals surface area contributed by atoms with Gasteiger partial charge >= 0.3 is 0 Å². The molecule has 13 heavy (non-hydrogen) atoms. The predicted molar refractivity (Wildman–Crippen MR) is 45.5 cm³/mol. The Labute approximate surface area is 75.0 Å². The van der Waals surface area contributed by atoms with Gasteiger partial charge in [-0.25, -0.2) is 4.39 Å². The second-order valence-electron chi connectivity index (χ2n) is 2.94. The first-order valence-electron chi connectivity index (χ1n) is 3.94. The monoisotopic (exact) mass is 187 g/mol. The van der Waals surface area contributed by atoms with Gasteiger partial charge in [-0.1, -0.05) is 13.0 Å². The van der Waals surface area contributed by atoms with E-state index in [0.717, 1.165) is 6.07 Å². The van der Waals surface area contributed by atoms with Crippen molar-refractivity contribution in [3.05, 3.63) is 29.3 Å². The number of hydrogen-bond acceptors (Lipinski definition) is 2. The fraction of sp³-hybridized carbons (Fsp3) is 0.333. The van der Waals surface area contributed by atoms with Gasteiger partial charge in [-0.2, -0.15) is 4.39 Å². The van der Waals surface area contributed by atoms with E-state index < -0.39 is 17.4 Å². The lowest BCUT2D eigenvalue weighted by Crippen LogP contribution is -2.11. The molecule has 1 aromatic carbocycles. The summed E-state index contributed by atoms with van der Waals surface area (Å²) in [7, 11) is 0. The van der Waals surface area contributed by atoms with Crippen LogP contribution in [0.5, 0.6) is 5.75 Å². The molecule has 0 aliphatic carbocycles. The molecule has 0 aliphatic heterocycles. The number of halogens is 2. The Morgan fingerprint density at radius 2 is 2.00 bits per heavy atom. The normalized spacial score (nSPS) is 12.9. The molecule has 4 heteroatoms. The molecule has 1 atom stereocenters. The standard InChI is InChI=1S/C9H11F2NO/c1-5(4-12)6-2-3-7(13)9(11)8(6)10/h2-3,5,13H,4,12H2,1H3. The Morgan fingerprint density at radius 3 is 2.54 bits per heavy atom. The van der Waals surface area contributed by atoms with Gasteiger partial charge < -0.3 is 10.8 Å². The van der Waals surface area contributed by atoms with E-state index in [2.05, 4.69) is 0 Å². The smallest absolute Gasteiger partial charge is 0.200 e. The maximum atomic E-state index is 13.1. The average Bonchev–Trinajstić information content (AvgIpc) is 2.13. The lowest BCUT2D eigenvalue weighted by atomic mass is 10.0. The fourth-order valence-electron chi connectivity index (χ4n) is 1.06. The van der Waals surface area contributed by atoms with Crippen LogP contribution in [-0.2, 0) is 0 Å². The number of nitrogens with two attached hydrogens (primary N) is 1. The number of aromatic hydroxyl groups is 1. The van der Waals surface area contributed by atoms with E-state index in [9.17, 15) is 8.78 Å². The van der Waals surface area contributed by atoms with Gasteiger partial charge in [0, 0.05) is 0 Å². The highest BCUT2D eigenvalue weighted by atomic mass is 19.2. The predicted octanol–water partition coefficient (Wildman–Crippen LogP) is 1.73. The summed E-state index contributed by atoms with van der Waals surface area (Å²) < 4.78 is 25.9. The SMILES string of the molecule is CC(CN)c1ccc(O)c(F)c1F. The summed E-state index contributed by atoms with van der Waals surface area (Å²) >= 11 is 0. The molecule has 1 rings (SSSR count). The van der Waals surface area contributed by atoms with Gasteiger partial charge in [0.05, 0.1) is 0 Å². The summed E-state index contributed by atoms with van der Waals surface area (Å²) in [6, 6.07) is 2.46. The molecule has 72 valence electrons. The Morgan fingerprint density at radius 1 is 1.38 bits per heavy atom. The van der Waals surface area contributed by atoms with Crippen LogP contribution in [0.1, 0.15) is 18.4 Å². The molecule has 0 spiro atoms. The third kappa shape index (κ3) is 1.78. The van der Waals surface area contributed by atoms with Crippen LogP contribution in [0.3, 0.4) is 0 Å². The maximum absolute atomic E-state index is 13.1.